The molecule has 4 nitrogen and oxygen atoms in total. The highest BCUT2D eigenvalue weighted by Gasteiger charge is 2.39. The van der Waals surface area contributed by atoms with E-state index in [2.05, 4.69) is 22.3 Å². The van der Waals surface area contributed by atoms with E-state index in [4.69, 9.17) is 4.74 Å². The summed E-state index contributed by atoms with van der Waals surface area (Å²) in [7, 11) is 0. The third-order valence-corrected chi connectivity index (χ3v) is 6.15. The molecule has 132 valence electrons. The van der Waals surface area contributed by atoms with Crippen molar-refractivity contribution in [3.8, 4) is 0 Å². The second-order valence-corrected chi connectivity index (χ2v) is 7.92. The van der Waals surface area contributed by atoms with Crippen LogP contribution in [0.1, 0.15) is 24.8 Å². The van der Waals surface area contributed by atoms with Gasteiger partial charge < -0.3 is 10.1 Å². The largest absolute Gasteiger partial charge is 0.381 e. The normalized spacial score (nSPS) is 21.3. The minimum absolute atomic E-state index is 0.0988. The predicted octanol–water partition coefficient (Wildman–Crippen LogP) is 2.33. The van der Waals surface area contributed by atoms with Gasteiger partial charge >= 0.3 is 0 Å². The minimum Gasteiger partial charge on any atom is -0.381 e. The summed E-state index contributed by atoms with van der Waals surface area (Å²) in [6.07, 6.45) is 3.42. The van der Waals surface area contributed by atoms with E-state index in [1.807, 2.05) is 30.0 Å². The zero-order chi connectivity index (χ0) is 16.7. The lowest BCUT2D eigenvalue weighted by Crippen LogP contribution is -2.60. The standard InChI is InChI=1S/C19H28N2O2S/c22-18(7-6-17-4-2-1-3-5-17)20-16-19(8-12-23-13-9-19)21-10-14-24-15-11-21/h1-5H,6-16H2,(H,20,22). The highest BCUT2D eigenvalue weighted by Crippen LogP contribution is 2.30. The van der Waals surface area contributed by atoms with Crippen molar-refractivity contribution < 1.29 is 9.53 Å². The van der Waals surface area contributed by atoms with Crippen LogP contribution >= 0.6 is 11.8 Å². The Morgan fingerprint density at radius 2 is 1.88 bits per heavy atom. The van der Waals surface area contributed by atoms with Gasteiger partial charge in [-0.15, -0.1) is 0 Å². The van der Waals surface area contributed by atoms with Crippen molar-refractivity contribution in [1.82, 2.24) is 10.2 Å². The number of ether oxygens (including phenoxy) is 1. The van der Waals surface area contributed by atoms with Gasteiger partial charge in [0.1, 0.15) is 0 Å². The average molecular weight is 349 g/mol. The molecule has 2 heterocycles. The zero-order valence-electron chi connectivity index (χ0n) is 14.3. The third kappa shape index (κ3) is 4.74. The molecule has 24 heavy (non-hydrogen) atoms. The molecule has 1 aromatic rings. The Morgan fingerprint density at radius 1 is 1.17 bits per heavy atom. The molecule has 2 aliphatic rings. The number of carbonyl (C=O) groups is 1. The Balaban J connectivity index is 1.52. The van der Waals surface area contributed by atoms with E-state index in [-0.39, 0.29) is 11.4 Å². The van der Waals surface area contributed by atoms with Gasteiger partial charge in [0.25, 0.3) is 0 Å². The molecule has 0 saturated carbocycles. The second kappa shape index (κ2) is 8.88. The van der Waals surface area contributed by atoms with Crippen molar-refractivity contribution >= 4 is 17.7 Å². The number of amides is 1. The summed E-state index contributed by atoms with van der Waals surface area (Å²) in [4.78, 5) is 14.9. The SMILES string of the molecule is O=C(CCc1ccccc1)NCC1(N2CCSCC2)CCOCC1. The fourth-order valence-corrected chi connectivity index (χ4v) is 4.55. The van der Waals surface area contributed by atoms with Crippen LogP contribution in [0.2, 0.25) is 0 Å². The molecule has 0 unspecified atom stereocenters. The quantitative estimate of drug-likeness (QED) is 0.857. The Hall–Kier alpha value is -1.04. The summed E-state index contributed by atoms with van der Waals surface area (Å²) in [6.45, 7) is 4.64. The van der Waals surface area contributed by atoms with Crippen molar-refractivity contribution in [3.63, 3.8) is 0 Å². The van der Waals surface area contributed by atoms with Crippen molar-refractivity contribution in [1.29, 1.82) is 0 Å². The maximum atomic E-state index is 12.3. The van der Waals surface area contributed by atoms with Gasteiger partial charge in [0.2, 0.25) is 5.91 Å². The van der Waals surface area contributed by atoms with Crippen LogP contribution in [0.5, 0.6) is 0 Å². The molecule has 2 saturated heterocycles. The van der Waals surface area contributed by atoms with E-state index in [0.29, 0.717) is 6.42 Å². The van der Waals surface area contributed by atoms with Crippen molar-refractivity contribution in [2.75, 3.05) is 44.4 Å². The lowest BCUT2D eigenvalue weighted by Gasteiger charge is -2.48. The molecule has 1 N–H and O–H groups in total. The fourth-order valence-electron chi connectivity index (χ4n) is 3.65. The van der Waals surface area contributed by atoms with Crippen LogP contribution in [0.25, 0.3) is 0 Å². The summed E-state index contributed by atoms with van der Waals surface area (Å²) in [5, 5.41) is 3.22. The number of hydrogen-bond donors (Lipinski definition) is 1. The van der Waals surface area contributed by atoms with E-state index in [1.165, 1.54) is 17.1 Å². The monoisotopic (exact) mass is 348 g/mol. The Morgan fingerprint density at radius 3 is 2.58 bits per heavy atom. The second-order valence-electron chi connectivity index (χ2n) is 6.70. The van der Waals surface area contributed by atoms with Crippen LogP contribution in [0, 0.1) is 0 Å². The van der Waals surface area contributed by atoms with Crippen molar-refractivity contribution in [3.05, 3.63) is 35.9 Å². The van der Waals surface area contributed by atoms with Crippen LogP contribution in [0.3, 0.4) is 0 Å². The number of aryl methyl sites for hydroxylation is 1. The molecule has 2 fully saturated rings. The summed E-state index contributed by atoms with van der Waals surface area (Å²) < 4.78 is 5.58. The number of benzene rings is 1. The lowest BCUT2D eigenvalue weighted by molar-refractivity contribution is -0.122. The first-order chi connectivity index (χ1) is 11.8. The van der Waals surface area contributed by atoms with Gasteiger partial charge in [0, 0.05) is 56.3 Å². The smallest absolute Gasteiger partial charge is 0.220 e. The molecule has 1 amide bonds. The number of nitrogens with one attached hydrogen (secondary N) is 1. The van der Waals surface area contributed by atoms with Gasteiger partial charge in [-0.25, -0.2) is 0 Å². The molecule has 0 aliphatic carbocycles. The van der Waals surface area contributed by atoms with E-state index < -0.39 is 0 Å². The van der Waals surface area contributed by atoms with Gasteiger partial charge in [0.15, 0.2) is 0 Å². The Bertz CT molecular complexity index is 511. The molecule has 0 spiro atoms. The first kappa shape index (κ1) is 17.8. The summed E-state index contributed by atoms with van der Waals surface area (Å²) in [5.74, 6) is 2.56. The molecular formula is C19H28N2O2S. The molecule has 3 rings (SSSR count). The number of carbonyl (C=O) groups excluding carboxylic acids is 1. The third-order valence-electron chi connectivity index (χ3n) is 5.20. The highest BCUT2D eigenvalue weighted by molar-refractivity contribution is 7.99. The first-order valence-electron chi connectivity index (χ1n) is 9.00. The Labute approximate surface area is 149 Å². The molecule has 5 heteroatoms. The molecule has 0 radical (unpaired) electrons. The van der Waals surface area contributed by atoms with Crippen LogP contribution in [0.4, 0.5) is 0 Å². The highest BCUT2D eigenvalue weighted by atomic mass is 32.2. The van der Waals surface area contributed by atoms with Gasteiger partial charge in [-0.2, -0.15) is 11.8 Å². The maximum absolute atomic E-state index is 12.3. The van der Waals surface area contributed by atoms with E-state index >= 15 is 0 Å². The minimum atomic E-state index is 0.0988. The van der Waals surface area contributed by atoms with Gasteiger partial charge in [-0.05, 0) is 24.8 Å². The van der Waals surface area contributed by atoms with E-state index in [1.54, 1.807) is 0 Å². The van der Waals surface area contributed by atoms with Crippen LogP contribution < -0.4 is 5.32 Å². The number of rotatable bonds is 6. The fraction of sp³-hybridized carbons (Fsp3) is 0.632. The molecule has 0 aromatic heterocycles. The predicted molar refractivity (Wildman–Crippen MR) is 99.5 cm³/mol. The van der Waals surface area contributed by atoms with Crippen LogP contribution in [-0.4, -0.2) is 60.7 Å². The molecule has 0 bridgehead atoms. The van der Waals surface area contributed by atoms with Gasteiger partial charge in [-0.3, -0.25) is 9.69 Å². The van der Waals surface area contributed by atoms with Gasteiger partial charge in [0.05, 0.1) is 0 Å². The number of hydrogen-bond acceptors (Lipinski definition) is 4. The van der Waals surface area contributed by atoms with Crippen molar-refractivity contribution in [2.24, 2.45) is 0 Å². The van der Waals surface area contributed by atoms with Crippen molar-refractivity contribution in [2.45, 2.75) is 31.2 Å². The van der Waals surface area contributed by atoms with E-state index in [0.717, 1.165) is 52.1 Å². The van der Waals surface area contributed by atoms with Crippen LogP contribution in [-0.2, 0) is 16.0 Å². The average Bonchev–Trinajstić information content (AvgIpc) is 2.67. The number of thioether (sulfide) groups is 1. The van der Waals surface area contributed by atoms with Crippen LogP contribution in [0.15, 0.2) is 30.3 Å². The summed E-state index contributed by atoms with van der Waals surface area (Å²) in [6, 6.07) is 10.2. The molecular weight excluding hydrogens is 320 g/mol. The Kier molecular flexibility index (Phi) is 6.58. The summed E-state index contributed by atoms with van der Waals surface area (Å²) in [5.41, 5.74) is 1.32. The summed E-state index contributed by atoms with van der Waals surface area (Å²) >= 11 is 2.03. The number of nitrogens with zero attached hydrogens (tertiary/aromatic N) is 1. The molecule has 0 atom stereocenters. The first-order valence-corrected chi connectivity index (χ1v) is 10.2. The molecule has 1 aromatic carbocycles. The van der Waals surface area contributed by atoms with Gasteiger partial charge in [-0.1, -0.05) is 30.3 Å². The molecule has 2 aliphatic heterocycles. The lowest BCUT2D eigenvalue weighted by atomic mass is 9.87. The van der Waals surface area contributed by atoms with E-state index in [9.17, 15) is 4.79 Å². The zero-order valence-corrected chi connectivity index (χ0v) is 15.2. The topological polar surface area (TPSA) is 41.6 Å². The maximum Gasteiger partial charge on any atom is 0.220 e.